The Hall–Kier alpha value is -3.41. The summed E-state index contributed by atoms with van der Waals surface area (Å²) in [5.41, 5.74) is 4.24. The molecule has 0 bridgehead atoms. The molecule has 25 heavy (non-hydrogen) atoms. The zero-order chi connectivity index (χ0) is 17.8. The quantitative estimate of drug-likeness (QED) is 0.645. The molecule has 0 atom stereocenters. The molecule has 0 unspecified atom stereocenters. The lowest BCUT2D eigenvalue weighted by Crippen LogP contribution is -2.00. The van der Waals surface area contributed by atoms with Crippen molar-refractivity contribution in [1.82, 2.24) is 9.97 Å². The Morgan fingerprint density at radius 3 is 2.20 bits per heavy atom. The van der Waals surface area contributed by atoms with E-state index in [0.29, 0.717) is 17.3 Å². The average molecular weight is 334 g/mol. The predicted molar refractivity (Wildman–Crippen MR) is 97.9 cm³/mol. The van der Waals surface area contributed by atoms with Gasteiger partial charge >= 0.3 is 5.97 Å². The molecule has 3 aromatic rings. The minimum absolute atomic E-state index is 0.215. The van der Waals surface area contributed by atoms with Gasteiger partial charge in [-0.2, -0.15) is 0 Å². The first-order valence-electron chi connectivity index (χ1n) is 7.78. The molecule has 1 heterocycles. The molecule has 6 nitrogen and oxygen atoms in total. The molecule has 0 fully saturated rings. The van der Waals surface area contributed by atoms with E-state index in [1.165, 1.54) is 17.5 Å². The summed E-state index contributed by atoms with van der Waals surface area (Å²) in [6.45, 7) is 4.12. The van der Waals surface area contributed by atoms with Gasteiger partial charge in [0.25, 0.3) is 0 Å². The number of aryl methyl sites for hydroxylation is 2. The second-order valence-corrected chi connectivity index (χ2v) is 5.72. The second kappa shape index (κ2) is 7.00. The normalized spacial score (nSPS) is 10.3. The zero-order valence-corrected chi connectivity index (χ0v) is 13.9. The van der Waals surface area contributed by atoms with Crippen molar-refractivity contribution in [2.24, 2.45) is 0 Å². The number of aromatic nitrogens is 2. The van der Waals surface area contributed by atoms with Crippen LogP contribution in [0, 0.1) is 13.8 Å². The van der Waals surface area contributed by atoms with Crippen LogP contribution >= 0.6 is 0 Å². The number of hydrogen-bond donors (Lipinski definition) is 3. The maximum atomic E-state index is 11.1. The van der Waals surface area contributed by atoms with Crippen LogP contribution in [0.15, 0.2) is 54.9 Å². The summed E-state index contributed by atoms with van der Waals surface area (Å²) >= 11 is 0. The van der Waals surface area contributed by atoms with Crippen molar-refractivity contribution >= 4 is 29.0 Å². The van der Waals surface area contributed by atoms with Gasteiger partial charge in [-0.3, -0.25) is 0 Å². The van der Waals surface area contributed by atoms with Gasteiger partial charge in [-0.25, -0.2) is 14.8 Å². The molecule has 0 saturated heterocycles. The van der Waals surface area contributed by atoms with Crippen LogP contribution in [0.5, 0.6) is 0 Å². The molecule has 6 heteroatoms. The molecule has 126 valence electrons. The summed E-state index contributed by atoms with van der Waals surface area (Å²) in [6.07, 6.45) is 1.45. The minimum atomic E-state index is -0.969. The number of carboxylic acids is 1. The van der Waals surface area contributed by atoms with Gasteiger partial charge in [0.1, 0.15) is 18.0 Å². The summed E-state index contributed by atoms with van der Waals surface area (Å²) in [6, 6.07) is 14.4. The molecule has 0 aliphatic carbocycles. The first kappa shape index (κ1) is 16.4. The molecule has 0 spiro atoms. The number of carboxylic acid groups (broad SMARTS) is 1. The van der Waals surface area contributed by atoms with Crippen LogP contribution in [0.3, 0.4) is 0 Å². The molecular weight excluding hydrogens is 316 g/mol. The standard InChI is InChI=1S/C19H18N4O2/c1-12-6-7-16(8-13(12)2)23-18-10-17(20-11-21-18)22-15-5-3-4-14(9-15)19(24)25/h3-11H,1-2H3,(H,24,25)(H2,20,21,22,23). The number of hydrogen-bond acceptors (Lipinski definition) is 5. The number of rotatable bonds is 5. The fraction of sp³-hybridized carbons (Fsp3) is 0.105. The van der Waals surface area contributed by atoms with Gasteiger partial charge in [0.2, 0.25) is 0 Å². The van der Waals surface area contributed by atoms with Crippen molar-refractivity contribution < 1.29 is 9.90 Å². The SMILES string of the molecule is Cc1ccc(Nc2cc(Nc3cccc(C(=O)O)c3)ncn2)cc1C. The molecule has 0 saturated carbocycles. The third-order valence-electron chi connectivity index (χ3n) is 3.83. The average Bonchev–Trinajstić information content (AvgIpc) is 2.59. The van der Waals surface area contributed by atoms with Crippen molar-refractivity contribution in [1.29, 1.82) is 0 Å². The van der Waals surface area contributed by atoms with E-state index < -0.39 is 5.97 Å². The molecule has 0 radical (unpaired) electrons. The molecule has 3 rings (SSSR count). The molecular formula is C19H18N4O2. The van der Waals surface area contributed by atoms with Crippen molar-refractivity contribution in [3.8, 4) is 0 Å². The maximum Gasteiger partial charge on any atom is 0.335 e. The maximum absolute atomic E-state index is 11.1. The molecule has 0 aliphatic heterocycles. The number of benzene rings is 2. The number of carbonyl (C=O) groups is 1. The fourth-order valence-corrected chi connectivity index (χ4v) is 2.34. The first-order valence-corrected chi connectivity index (χ1v) is 7.78. The smallest absolute Gasteiger partial charge is 0.335 e. The van der Waals surface area contributed by atoms with Crippen LogP contribution in [0.4, 0.5) is 23.0 Å². The Kier molecular flexibility index (Phi) is 4.61. The van der Waals surface area contributed by atoms with Gasteiger partial charge in [-0.1, -0.05) is 12.1 Å². The fourth-order valence-electron chi connectivity index (χ4n) is 2.34. The number of anilines is 4. The molecule has 2 aromatic carbocycles. The highest BCUT2D eigenvalue weighted by Crippen LogP contribution is 2.21. The summed E-state index contributed by atoms with van der Waals surface area (Å²) in [5, 5.41) is 15.4. The van der Waals surface area contributed by atoms with E-state index in [1.54, 1.807) is 30.3 Å². The Bertz CT molecular complexity index is 925. The highest BCUT2D eigenvalue weighted by Gasteiger charge is 2.05. The summed E-state index contributed by atoms with van der Waals surface area (Å²) in [7, 11) is 0. The van der Waals surface area contributed by atoms with Crippen LogP contribution in [0.25, 0.3) is 0 Å². The third kappa shape index (κ3) is 4.11. The van der Waals surface area contributed by atoms with Crippen molar-refractivity contribution in [3.05, 3.63) is 71.5 Å². The lowest BCUT2D eigenvalue weighted by atomic mass is 10.1. The molecule has 3 N–H and O–H groups in total. The second-order valence-electron chi connectivity index (χ2n) is 5.72. The Balaban J connectivity index is 1.78. The monoisotopic (exact) mass is 334 g/mol. The lowest BCUT2D eigenvalue weighted by Gasteiger charge is -2.10. The van der Waals surface area contributed by atoms with Crippen molar-refractivity contribution in [2.45, 2.75) is 13.8 Å². The van der Waals surface area contributed by atoms with E-state index in [0.717, 1.165) is 5.69 Å². The molecule has 1 aromatic heterocycles. The van der Waals surface area contributed by atoms with Gasteiger partial charge in [0.15, 0.2) is 0 Å². The van der Waals surface area contributed by atoms with Crippen molar-refractivity contribution in [2.75, 3.05) is 10.6 Å². The molecule has 0 amide bonds. The van der Waals surface area contributed by atoms with Gasteiger partial charge in [0, 0.05) is 17.4 Å². The van der Waals surface area contributed by atoms with E-state index in [2.05, 4.69) is 46.6 Å². The summed E-state index contributed by atoms with van der Waals surface area (Å²) in [4.78, 5) is 19.4. The number of aromatic carboxylic acids is 1. The third-order valence-corrected chi connectivity index (χ3v) is 3.83. The van der Waals surface area contributed by atoms with E-state index in [-0.39, 0.29) is 5.56 Å². The summed E-state index contributed by atoms with van der Waals surface area (Å²) in [5.74, 6) is 0.252. The van der Waals surface area contributed by atoms with Crippen LogP contribution in [0.1, 0.15) is 21.5 Å². The topological polar surface area (TPSA) is 87.1 Å². The van der Waals surface area contributed by atoms with Gasteiger partial charge in [-0.15, -0.1) is 0 Å². The Morgan fingerprint density at radius 1 is 0.880 bits per heavy atom. The Morgan fingerprint density at radius 2 is 1.56 bits per heavy atom. The van der Waals surface area contributed by atoms with Gasteiger partial charge in [0.05, 0.1) is 5.56 Å². The summed E-state index contributed by atoms with van der Waals surface area (Å²) < 4.78 is 0. The van der Waals surface area contributed by atoms with Gasteiger partial charge in [-0.05, 0) is 55.3 Å². The largest absolute Gasteiger partial charge is 0.478 e. The number of nitrogens with one attached hydrogen (secondary N) is 2. The first-order chi connectivity index (χ1) is 12.0. The number of nitrogens with zero attached hydrogens (tertiary/aromatic N) is 2. The highest BCUT2D eigenvalue weighted by molar-refractivity contribution is 5.89. The van der Waals surface area contributed by atoms with Crippen LogP contribution in [0.2, 0.25) is 0 Å². The zero-order valence-electron chi connectivity index (χ0n) is 13.9. The lowest BCUT2D eigenvalue weighted by molar-refractivity contribution is 0.0697. The Labute approximate surface area is 145 Å². The van der Waals surface area contributed by atoms with Gasteiger partial charge < -0.3 is 15.7 Å². The van der Waals surface area contributed by atoms with Crippen LogP contribution in [-0.2, 0) is 0 Å². The van der Waals surface area contributed by atoms with Crippen LogP contribution < -0.4 is 10.6 Å². The van der Waals surface area contributed by atoms with E-state index >= 15 is 0 Å². The minimum Gasteiger partial charge on any atom is -0.478 e. The highest BCUT2D eigenvalue weighted by atomic mass is 16.4. The van der Waals surface area contributed by atoms with E-state index in [4.69, 9.17) is 5.11 Å². The predicted octanol–water partition coefficient (Wildman–Crippen LogP) is 4.28. The molecule has 0 aliphatic rings. The van der Waals surface area contributed by atoms with Crippen molar-refractivity contribution in [3.63, 3.8) is 0 Å². The van der Waals surface area contributed by atoms with Crippen LogP contribution in [-0.4, -0.2) is 21.0 Å². The van der Waals surface area contributed by atoms with E-state index in [9.17, 15) is 4.79 Å². The van der Waals surface area contributed by atoms with E-state index in [1.807, 2.05) is 6.07 Å².